The summed E-state index contributed by atoms with van der Waals surface area (Å²) in [5, 5.41) is 0. The maximum Gasteiger partial charge on any atom is 0.232 e. The van der Waals surface area contributed by atoms with Crippen LogP contribution in [0.25, 0.3) is 17.4 Å². The van der Waals surface area contributed by atoms with E-state index in [1.165, 1.54) is 0 Å². The summed E-state index contributed by atoms with van der Waals surface area (Å²) in [7, 11) is 0. The second-order valence-electron chi connectivity index (χ2n) is 5.65. The summed E-state index contributed by atoms with van der Waals surface area (Å²) < 4.78 is 12.5. The molecule has 0 bridgehead atoms. The lowest BCUT2D eigenvalue weighted by atomic mass is 10.1. The molecule has 0 N–H and O–H groups in total. The van der Waals surface area contributed by atoms with Crippen LogP contribution in [0.15, 0.2) is 69.2 Å². The van der Waals surface area contributed by atoms with Crippen molar-refractivity contribution in [2.45, 2.75) is 6.92 Å². The van der Waals surface area contributed by atoms with E-state index < -0.39 is 0 Å². The minimum atomic E-state index is -0.117. The second-order valence-corrected chi connectivity index (χ2v) is 6.57. The number of hydrogen-bond donors (Lipinski definition) is 0. The van der Waals surface area contributed by atoms with Gasteiger partial charge in [0.2, 0.25) is 5.78 Å². The lowest BCUT2D eigenvalue weighted by Crippen LogP contribution is -1.97. The average Bonchev–Trinajstić information content (AvgIpc) is 3.14. The maximum absolute atomic E-state index is 12.4. The van der Waals surface area contributed by atoms with Gasteiger partial charge in [-0.1, -0.05) is 39.7 Å². The Kier molecular flexibility index (Phi) is 3.62. The first-order chi connectivity index (χ1) is 11.6. The molecule has 1 aliphatic heterocycles. The number of carbonyl (C=O) groups excluding carboxylic acids is 1. The number of rotatable bonds is 2. The molecule has 0 unspecified atom stereocenters. The highest BCUT2D eigenvalue weighted by molar-refractivity contribution is 9.10. The molecule has 1 aromatic heterocycles. The predicted molar refractivity (Wildman–Crippen MR) is 96.0 cm³/mol. The monoisotopic (exact) mass is 380 g/mol. The molecule has 0 atom stereocenters. The Labute approximate surface area is 147 Å². The van der Waals surface area contributed by atoms with Crippen LogP contribution in [0.2, 0.25) is 0 Å². The maximum atomic E-state index is 12.4. The highest BCUT2D eigenvalue weighted by Crippen LogP contribution is 2.33. The van der Waals surface area contributed by atoms with Crippen LogP contribution < -0.4 is 4.74 Å². The first-order valence-electron chi connectivity index (χ1n) is 7.51. The third kappa shape index (κ3) is 2.69. The van der Waals surface area contributed by atoms with E-state index in [0.29, 0.717) is 17.1 Å². The third-order valence-electron chi connectivity index (χ3n) is 3.83. The SMILES string of the molecule is Cc1ccc2c(c1)C(=O)C(=Cc1ccc(-c3cccc(Br)c3)o1)O2. The molecule has 24 heavy (non-hydrogen) atoms. The first-order valence-corrected chi connectivity index (χ1v) is 8.30. The number of fused-ring (bicyclic) bond motifs is 1. The molecular formula is C20H13BrO3. The molecule has 0 spiro atoms. The molecule has 2 aromatic carbocycles. The van der Waals surface area contributed by atoms with E-state index in [1.54, 1.807) is 6.08 Å². The van der Waals surface area contributed by atoms with Gasteiger partial charge >= 0.3 is 0 Å². The van der Waals surface area contributed by atoms with Crippen molar-refractivity contribution in [3.63, 3.8) is 0 Å². The van der Waals surface area contributed by atoms with E-state index in [1.807, 2.05) is 61.5 Å². The van der Waals surface area contributed by atoms with Crippen molar-refractivity contribution >= 4 is 27.8 Å². The summed E-state index contributed by atoms with van der Waals surface area (Å²) in [5.41, 5.74) is 2.59. The number of Topliss-reactive ketones (excluding diaryl/α,β-unsaturated/α-hetero) is 1. The van der Waals surface area contributed by atoms with Gasteiger partial charge in [-0.3, -0.25) is 4.79 Å². The normalized spacial score (nSPS) is 14.8. The van der Waals surface area contributed by atoms with Crippen LogP contribution in [0.3, 0.4) is 0 Å². The minimum absolute atomic E-state index is 0.117. The molecular weight excluding hydrogens is 368 g/mol. The van der Waals surface area contributed by atoms with Gasteiger partial charge in [-0.25, -0.2) is 0 Å². The van der Waals surface area contributed by atoms with Crippen LogP contribution in [-0.2, 0) is 0 Å². The smallest absolute Gasteiger partial charge is 0.232 e. The molecule has 1 aliphatic rings. The van der Waals surface area contributed by atoms with Crippen molar-refractivity contribution in [2.24, 2.45) is 0 Å². The summed E-state index contributed by atoms with van der Waals surface area (Å²) in [5.74, 6) is 2.08. The lowest BCUT2D eigenvalue weighted by molar-refractivity contribution is 0.101. The zero-order chi connectivity index (χ0) is 16.7. The van der Waals surface area contributed by atoms with Gasteiger partial charge in [0.1, 0.15) is 17.3 Å². The molecule has 3 nitrogen and oxygen atoms in total. The Morgan fingerprint density at radius 2 is 1.92 bits per heavy atom. The number of carbonyl (C=O) groups is 1. The molecule has 4 rings (SSSR count). The van der Waals surface area contributed by atoms with E-state index in [0.717, 1.165) is 21.4 Å². The van der Waals surface area contributed by atoms with E-state index >= 15 is 0 Å². The van der Waals surface area contributed by atoms with Crippen LogP contribution in [0, 0.1) is 6.92 Å². The quantitative estimate of drug-likeness (QED) is 0.540. The van der Waals surface area contributed by atoms with Crippen molar-refractivity contribution < 1.29 is 13.9 Å². The molecule has 0 fully saturated rings. The second kappa shape index (κ2) is 5.80. The fourth-order valence-electron chi connectivity index (χ4n) is 2.66. The molecule has 3 aromatic rings. The Hall–Kier alpha value is -2.59. The number of allylic oxidation sites excluding steroid dienone is 1. The van der Waals surface area contributed by atoms with Crippen LogP contribution in [0.4, 0.5) is 0 Å². The summed E-state index contributed by atoms with van der Waals surface area (Å²) >= 11 is 3.45. The predicted octanol–water partition coefficient (Wildman–Crippen LogP) is 5.63. The van der Waals surface area contributed by atoms with Gasteiger partial charge in [-0.2, -0.15) is 0 Å². The van der Waals surface area contributed by atoms with Gasteiger partial charge in [0.25, 0.3) is 0 Å². The topological polar surface area (TPSA) is 39.4 Å². The van der Waals surface area contributed by atoms with Gasteiger partial charge < -0.3 is 9.15 Å². The van der Waals surface area contributed by atoms with Crippen molar-refractivity contribution in [1.82, 2.24) is 0 Å². The molecule has 0 aliphatic carbocycles. The zero-order valence-electron chi connectivity index (χ0n) is 12.9. The van der Waals surface area contributed by atoms with Crippen LogP contribution in [0.1, 0.15) is 21.7 Å². The third-order valence-corrected chi connectivity index (χ3v) is 4.33. The summed E-state index contributed by atoms with van der Waals surface area (Å²) in [6.45, 7) is 1.95. The zero-order valence-corrected chi connectivity index (χ0v) is 14.5. The van der Waals surface area contributed by atoms with E-state index in [9.17, 15) is 4.79 Å². The molecule has 4 heteroatoms. The Bertz CT molecular complexity index is 982. The molecule has 0 saturated heterocycles. The average molecular weight is 381 g/mol. The van der Waals surface area contributed by atoms with Gasteiger partial charge in [0.05, 0.1) is 5.56 Å². The largest absolute Gasteiger partial charge is 0.457 e. The van der Waals surface area contributed by atoms with Crippen molar-refractivity contribution in [3.05, 3.63) is 81.7 Å². The number of ketones is 1. The van der Waals surface area contributed by atoms with Crippen LogP contribution in [-0.4, -0.2) is 5.78 Å². The number of aryl methyl sites for hydroxylation is 1. The number of hydrogen-bond acceptors (Lipinski definition) is 3. The highest BCUT2D eigenvalue weighted by Gasteiger charge is 2.27. The molecule has 0 saturated carbocycles. The van der Waals surface area contributed by atoms with E-state index in [2.05, 4.69) is 15.9 Å². The van der Waals surface area contributed by atoms with Gasteiger partial charge in [0, 0.05) is 16.1 Å². The van der Waals surface area contributed by atoms with Crippen molar-refractivity contribution in [2.75, 3.05) is 0 Å². The number of benzene rings is 2. The number of furan rings is 1. The van der Waals surface area contributed by atoms with Crippen LogP contribution >= 0.6 is 15.9 Å². The van der Waals surface area contributed by atoms with E-state index in [4.69, 9.17) is 9.15 Å². The van der Waals surface area contributed by atoms with Gasteiger partial charge in [-0.05, 0) is 43.3 Å². The number of halogens is 1. The Morgan fingerprint density at radius 1 is 1.04 bits per heavy atom. The summed E-state index contributed by atoms with van der Waals surface area (Å²) in [6, 6.07) is 17.1. The molecule has 2 heterocycles. The summed E-state index contributed by atoms with van der Waals surface area (Å²) in [4.78, 5) is 12.4. The van der Waals surface area contributed by atoms with Crippen molar-refractivity contribution in [3.8, 4) is 17.1 Å². The minimum Gasteiger partial charge on any atom is -0.457 e. The highest BCUT2D eigenvalue weighted by atomic mass is 79.9. The van der Waals surface area contributed by atoms with Crippen molar-refractivity contribution in [1.29, 1.82) is 0 Å². The molecule has 0 radical (unpaired) electrons. The summed E-state index contributed by atoms with van der Waals surface area (Å²) in [6.07, 6.45) is 1.64. The number of ether oxygens (including phenoxy) is 1. The fourth-order valence-corrected chi connectivity index (χ4v) is 3.06. The standard InChI is InChI=1S/C20H13BrO3/c1-12-5-7-18-16(9-12)20(22)19(24-18)11-15-6-8-17(23-15)13-3-2-4-14(21)10-13/h2-11H,1H3. The Morgan fingerprint density at radius 3 is 2.75 bits per heavy atom. The first kappa shape index (κ1) is 15.0. The Balaban J connectivity index is 1.65. The lowest BCUT2D eigenvalue weighted by Gasteiger charge is -1.98. The van der Waals surface area contributed by atoms with E-state index in [-0.39, 0.29) is 11.5 Å². The van der Waals surface area contributed by atoms with Gasteiger partial charge in [-0.15, -0.1) is 0 Å². The fraction of sp³-hybridized carbons (Fsp3) is 0.0500. The molecule has 0 amide bonds. The molecule has 118 valence electrons. The van der Waals surface area contributed by atoms with Gasteiger partial charge in [0.15, 0.2) is 5.76 Å². The van der Waals surface area contributed by atoms with Crippen LogP contribution in [0.5, 0.6) is 5.75 Å².